The summed E-state index contributed by atoms with van der Waals surface area (Å²) in [7, 11) is 0. The number of hydrogen-bond acceptors (Lipinski definition) is 5. The maximum Gasteiger partial charge on any atom is 1.00 e. The molecule has 0 saturated carbocycles. The molecular weight excluding hydrogens is 257 g/mol. The third-order valence-corrected chi connectivity index (χ3v) is 2.72. The molecular formula is C12H16LiN3O4. The van der Waals surface area contributed by atoms with Crippen molar-refractivity contribution >= 4 is 12.1 Å². The second-order valence-electron chi connectivity index (χ2n) is 5.40. The Kier molecular flexibility index (Phi) is 4.89. The number of carboxylic acid groups (broad SMARTS) is 1. The number of imidazole rings is 1. The quantitative estimate of drug-likeness (QED) is 0.509. The van der Waals surface area contributed by atoms with Gasteiger partial charge in [-0.25, -0.2) is 9.78 Å². The Bertz CT molecular complexity index is 521. The van der Waals surface area contributed by atoms with Gasteiger partial charge in [0.05, 0.1) is 24.4 Å². The van der Waals surface area contributed by atoms with Crippen molar-refractivity contribution in [3.8, 4) is 0 Å². The van der Waals surface area contributed by atoms with E-state index in [1.54, 1.807) is 25.3 Å². The van der Waals surface area contributed by atoms with E-state index < -0.39 is 17.7 Å². The fourth-order valence-corrected chi connectivity index (χ4v) is 1.91. The summed E-state index contributed by atoms with van der Waals surface area (Å²) in [5.41, 5.74) is -0.515. The van der Waals surface area contributed by atoms with E-state index in [9.17, 15) is 14.7 Å². The van der Waals surface area contributed by atoms with Crippen LogP contribution < -0.4 is 24.0 Å². The zero-order valence-corrected chi connectivity index (χ0v) is 12.2. The molecule has 0 N–H and O–H groups in total. The summed E-state index contributed by atoms with van der Waals surface area (Å²) in [6, 6.07) is 0. The maximum atomic E-state index is 11.9. The summed E-state index contributed by atoms with van der Waals surface area (Å²) < 4.78 is 6.82. The number of rotatable bonds is 1. The van der Waals surface area contributed by atoms with Gasteiger partial charge in [0, 0.05) is 13.1 Å². The predicted octanol–water partition coefficient (Wildman–Crippen LogP) is -3.00. The molecule has 20 heavy (non-hydrogen) atoms. The third-order valence-electron chi connectivity index (χ3n) is 2.72. The molecule has 2 heterocycles. The number of nitrogens with zero attached hydrogens (tertiary/aromatic N) is 3. The smallest absolute Gasteiger partial charge is 0.543 e. The van der Waals surface area contributed by atoms with E-state index >= 15 is 0 Å². The number of ether oxygens (including phenoxy) is 1. The molecule has 2 rings (SSSR count). The molecule has 8 heteroatoms. The first kappa shape index (κ1) is 16.6. The SMILES string of the molecule is CC(C)(C)OC(=O)N1CCn2c(C(=O)[O-])cnc2C1.[Li+]. The fraction of sp³-hybridized carbons (Fsp3) is 0.583. The number of aromatic carboxylic acids is 1. The van der Waals surface area contributed by atoms with Crippen LogP contribution >= 0.6 is 0 Å². The van der Waals surface area contributed by atoms with Crippen molar-refractivity contribution in [3.63, 3.8) is 0 Å². The van der Waals surface area contributed by atoms with Crippen molar-refractivity contribution < 1.29 is 38.3 Å². The van der Waals surface area contributed by atoms with Crippen molar-refractivity contribution in [2.45, 2.75) is 39.5 Å². The fourth-order valence-electron chi connectivity index (χ4n) is 1.91. The van der Waals surface area contributed by atoms with Crippen molar-refractivity contribution in [2.75, 3.05) is 6.54 Å². The van der Waals surface area contributed by atoms with Crippen molar-refractivity contribution in [3.05, 3.63) is 17.7 Å². The number of carbonyl (C=O) groups excluding carboxylic acids is 2. The first-order chi connectivity index (χ1) is 8.78. The molecule has 0 aromatic carbocycles. The minimum atomic E-state index is -1.26. The summed E-state index contributed by atoms with van der Waals surface area (Å²) in [6.07, 6.45) is 0.834. The minimum Gasteiger partial charge on any atom is -0.543 e. The van der Waals surface area contributed by atoms with E-state index in [1.807, 2.05) is 0 Å². The first-order valence-corrected chi connectivity index (χ1v) is 6.01. The Morgan fingerprint density at radius 1 is 1.35 bits per heavy atom. The van der Waals surface area contributed by atoms with Crippen molar-refractivity contribution in [1.29, 1.82) is 0 Å². The average molecular weight is 273 g/mol. The molecule has 0 fully saturated rings. The van der Waals surface area contributed by atoms with Gasteiger partial charge >= 0.3 is 25.0 Å². The van der Waals surface area contributed by atoms with Crippen LogP contribution in [0, 0.1) is 0 Å². The summed E-state index contributed by atoms with van der Waals surface area (Å²) >= 11 is 0. The largest absolute Gasteiger partial charge is 1.00 e. The predicted molar refractivity (Wildman–Crippen MR) is 63.2 cm³/mol. The topological polar surface area (TPSA) is 87.5 Å². The Labute approximate surface area is 129 Å². The van der Waals surface area contributed by atoms with E-state index in [1.165, 1.54) is 11.1 Å². The van der Waals surface area contributed by atoms with Crippen LogP contribution in [0.3, 0.4) is 0 Å². The Morgan fingerprint density at radius 2 is 2.00 bits per heavy atom. The molecule has 1 aliphatic rings. The van der Waals surface area contributed by atoms with E-state index in [4.69, 9.17) is 4.74 Å². The molecule has 1 aromatic heterocycles. The first-order valence-electron chi connectivity index (χ1n) is 6.01. The van der Waals surface area contributed by atoms with Crippen molar-refractivity contribution in [1.82, 2.24) is 14.5 Å². The normalized spacial score (nSPS) is 14.2. The molecule has 0 spiro atoms. The monoisotopic (exact) mass is 273 g/mol. The van der Waals surface area contributed by atoms with E-state index in [2.05, 4.69) is 4.98 Å². The summed E-state index contributed by atoms with van der Waals surface area (Å²) in [5.74, 6) is -0.735. The summed E-state index contributed by atoms with van der Waals surface area (Å²) in [4.78, 5) is 28.3. The standard InChI is InChI=1S/C12H17N3O4.Li/c1-12(2,3)19-11(18)14-4-5-15-8(10(16)17)6-13-9(15)7-14;/h6H,4-5,7H2,1-3H3,(H,16,17);/q;+1/p-1. The second-order valence-corrected chi connectivity index (χ2v) is 5.40. The maximum absolute atomic E-state index is 11.9. The molecule has 1 amide bonds. The molecule has 7 nitrogen and oxygen atoms in total. The van der Waals surface area contributed by atoms with Gasteiger partial charge in [-0.2, -0.15) is 0 Å². The van der Waals surface area contributed by atoms with Gasteiger partial charge in [0.1, 0.15) is 11.4 Å². The van der Waals surface area contributed by atoms with E-state index in [-0.39, 0.29) is 31.1 Å². The number of hydrogen-bond donors (Lipinski definition) is 0. The number of carboxylic acids is 1. The summed E-state index contributed by atoms with van der Waals surface area (Å²) in [6.45, 7) is 6.39. The van der Waals surface area contributed by atoms with Crippen LogP contribution in [-0.2, 0) is 17.8 Å². The van der Waals surface area contributed by atoms with Crippen LogP contribution in [0.1, 0.15) is 37.1 Å². The Balaban J connectivity index is 0.00000200. The Morgan fingerprint density at radius 3 is 2.55 bits per heavy atom. The van der Waals surface area contributed by atoms with Crippen LogP contribution in [0.25, 0.3) is 0 Å². The molecule has 0 radical (unpaired) electrons. The molecule has 0 unspecified atom stereocenters. The van der Waals surface area contributed by atoms with E-state index in [0.717, 1.165) is 0 Å². The van der Waals surface area contributed by atoms with Gasteiger partial charge in [-0.3, -0.25) is 4.90 Å². The average Bonchev–Trinajstić information content (AvgIpc) is 2.68. The van der Waals surface area contributed by atoms with Gasteiger partial charge in [-0.1, -0.05) is 0 Å². The third kappa shape index (κ3) is 3.55. The van der Waals surface area contributed by atoms with Crippen LogP contribution in [0.15, 0.2) is 6.20 Å². The molecule has 1 aromatic rings. The number of fused-ring (bicyclic) bond motifs is 1. The van der Waals surface area contributed by atoms with Crippen LogP contribution in [0.2, 0.25) is 0 Å². The zero-order chi connectivity index (χ0) is 14.2. The minimum absolute atomic E-state index is 0. The molecule has 0 atom stereocenters. The molecule has 0 aliphatic carbocycles. The second kappa shape index (κ2) is 5.90. The van der Waals surface area contributed by atoms with Crippen molar-refractivity contribution in [2.24, 2.45) is 0 Å². The van der Waals surface area contributed by atoms with Crippen LogP contribution in [-0.4, -0.2) is 38.7 Å². The summed E-state index contributed by atoms with van der Waals surface area (Å²) in [5, 5.41) is 10.9. The van der Waals surface area contributed by atoms with Gasteiger partial charge in [0.15, 0.2) is 0 Å². The van der Waals surface area contributed by atoms with E-state index in [0.29, 0.717) is 18.9 Å². The molecule has 0 bridgehead atoms. The number of aromatic nitrogens is 2. The van der Waals surface area contributed by atoms with Crippen LogP contribution in [0.4, 0.5) is 4.79 Å². The van der Waals surface area contributed by atoms with Gasteiger partial charge in [0.2, 0.25) is 0 Å². The van der Waals surface area contributed by atoms with Crippen LogP contribution in [0.5, 0.6) is 0 Å². The molecule has 1 aliphatic heterocycles. The van der Waals surface area contributed by atoms with Gasteiger partial charge in [-0.15, -0.1) is 0 Å². The number of amides is 1. The van der Waals surface area contributed by atoms with Gasteiger partial charge in [-0.05, 0) is 20.8 Å². The zero-order valence-electron chi connectivity index (χ0n) is 12.2. The van der Waals surface area contributed by atoms with Gasteiger partial charge < -0.3 is 19.2 Å². The van der Waals surface area contributed by atoms with Gasteiger partial charge in [0.25, 0.3) is 0 Å². The molecule has 104 valence electrons. The Hall–Kier alpha value is -1.45. The number of carbonyl (C=O) groups is 2. The molecule has 0 saturated heterocycles.